The first-order valence-electron chi connectivity index (χ1n) is 7.91. The minimum atomic E-state index is -1.08. The number of aromatic amines is 1. The molecule has 2 heterocycles. The molecule has 1 aliphatic heterocycles. The highest BCUT2D eigenvalue weighted by molar-refractivity contribution is 8.00. The van der Waals surface area contributed by atoms with Crippen molar-refractivity contribution in [2.24, 2.45) is 0 Å². The summed E-state index contributed by atoms with van der Waals surface area (Å²) in [6, 6.07) is 1.22. The van der Waals surface area contributed by atoms with Crippen molar-refractivity contribution in [3.05, 3.63) is 32.6 Å². The van der Waals surface area contributed by atoms with Crippen LogP contribution in [0.25, 0.3) is 0 Å². The SMILES string of the molecule is Cc1cn([C@H]2CC(SCC[Si](C)(C)C)[C@@H](CO)O2)c(=O)[nH]c1=O. The van der Waals surface area contributed by atoms with Crippen LogP contribution in [0.2, 0.25) is 25.7 Å². The van der Waals surface area contributed by atoms with Crippen LogP contribution in [0.3, 0.4) is 0 Å². The van der Waals surface area contributed by atoms with Crippen molar-refractivity contribution in [1.82, 2.24) is 9.55 Å². The average Bonchev–Trinajstić information content (AvgIpc) is 2.84. The van der Waals surface area contributed by atoms with Gasteiger partial charge in [-0.1, -0.05) is 19.6 Å². The first kappa shape index (κ1) is 18.5. The standard InChI is InChI=1S/C15H26N2O4SSi/c1-10-8-17(15(20)16-14(10)19)13-7-12(11(9-18)21-13)22-5-6-23(2,3)4/h8,11-13,18H,5-7,9H2,1-4H3,(H,16,19,20)/t11-,12?,13-/m1/s1. The third kappa shape index (κ3) is 4.82. The summed E-state index contributed by atoms with van der Waals surface area (Å²) in [5.74, 6) is 1.05. The lowest BCUT2D eigenvalue weighted by Gasteiger charge is -2.19. The van der Waals surface area contributed by atoms with Crippen LogP contribution >= 0.6 is 11.8 Å². The zero-order chi connectivity index (χ0) is 17.2. The van der Waals surface area contributed by atoms with E-state index < -0.39 is 20.0 Å². The second kappa shape index (κ2) is 7.37. The molecule has 130 valence electrons. The van der Waals surface area contributed by atoms with Crippen LogP contribution in [0.15, 0.2) is 15.8 Å². The number of ether oxygens (including phenoxy) is 1. The predicted octanol–water partition coefficient (Wildman–Crippen LogP) is 1.56. The number of rotatable bonds is 6. The lowest BCUT2D eigenvalue weighted by atomic mass is 10.2. The Balaban J connectivity index is 2.08. The molecule has 0 radical (unpaired) electrons. The molecule has 0 amide bonds. The molecule has 0 bridgehead atoms. The largest absolute Gasteiger partial charge is 0.394 e. The summed E-state index contributed by atoms with van der Waals surface area (Å²) in [4.78, 5) is 25.8. The van der Waals surface area contributed by atoms with Crippen LogP contribution in [-0.2, 0) is 4.74 Å². The maximum absolute atomic E-state index is 12.0. The van der Waals surface area contributed by atoms with Crippen molar-refractivity contribution in [3.63, 3.8) is 0 Å². The number of H-pyrrole nitrogens is 1. The summed E-state index contributed by atoms with van der Waals surface area (Å²) < 4.78 is 7.28. The predicted molar refractivity (Wildman–Crippen MR) is 96.1 cm³/mol. The molecule has 1 aromatic rings. The van der Waals surface area contributed by atoms with Crippen molar-refractivity contribution in [1.29, 1.82) is 0 Å². The first-order chi connectivity index (χ1) is 10.7. The summed E-state index contributed by atoms with van der Waals surface area (Å²) in [5, 5.41) is 9.72. The molecule has 0 saturated carbocycles. The molecule has 1 aliphatic rings. The number of aromatic nitrogens is 2. The Labute approximate surface area is 141 Å². The third-order valence-electron chi connectivity index (χ3n) is 4.00. The molecule has 3 atom stereocenters. The minimum Gasteiger partial charge on any atom is -0.394 e. The van der Waals surface area contributed by atoms with Crippen LogP contribution in [0.5, 0.6) is 0 Å². The van der Waals surface area contributed by atoms with Crippen molar-refractivity contribution in [3.8, 4) is 0 Å². The Bertz CT molecular complexity index is 652. The second-order valence-electron chi connectivity index (χ2n) is 7.25. The summed E-state index contributed by atoms with van der Waals surface area (Å²) >= 11 is 1.82. The van der Waals surface area contributed by atoms with Gasteiger partial charge in [-0.15, -0.1) is 0 Å². The van der Waals surface area contributed by atoms with Crippen molar-refractivity contribution in [2.45, 2.75) is 56.6 Å². The van der Waals surface area contributed by atoms with Crippen LogP contribution in [-0.4, -0.2) is 46.4 Å². The molecule has 0 spiro atoms. The van der Waals surface area contributed by atoms with E-state index >= 15 is 0 Å². The summed E-state index contributed by atoms with van der Waals surface area (Å²) in [7, 11) is -1.08. The van der Waals surface area contributed by atoms with E-state index in [1.165, 1.54) is 16.8 Å². The molecule has 8 heteroatoms. The summed E-state index contributed by atoms with van der Waals surface area (Å²) in [6.07, 6.45) is 1.49. The lowest BCUT2D eigenvalue weighted by Crippen LogP contribution is -2.33. The molecule has 23 heavy (non-hydrogen) atoms. The van der Waals surface area contributed by atoms with Crippen molar-refractivity contribution in [2.75, 3.05) is 12.4 Å². The van der Waals surface area contributed by atoms with Crippen LogP contribution < -0.4 is 11.2 Å². The quantitative estimate of drug-likeness (QED) is 0.754. The molecular formula is C15H26N2O4SSi. The topological polar surface area (TPSA) is 84.3 Å². The van der Waals surface area contributed by atoms with E-state index in [0.717, 1.165) is 5.75 Å². The lowest BCUT2D eigenvalue weighted by molar-refractivity contribution is -0.0238. The summed E-state index contributed by atoms with van der Waals surface area (Å²) in [5.41, 5.74) is -0.359. The zero-order valence-corrected chi connectivity index (χ0v) is 16.0. The van der Waals surface area contributed by atoms with Gasteiger partial charge in [-0.2, -0.15) is 11.8 Å². The van der Waals surface area contributed by atoms with Crippen LogP contribution in [0.1, 0.15) is 18.2 Å². The molecule has 1 aromatic heterocycles. The average molecular weight is 359 g/mol. The van der Waals surface area contributed by atoms with Crippen LogP contribution in [0, 0.1) is 6.92 Å². The van der Waals surface area contributed by atoms with Gasteiger partial charge >= 0.3 is 5.69 Å². The first-order valence-corrected chi connectivity index (χ1v) is 12.7. The van der Waals surface area contributed by atoms with Gasteiger partial charge in [-0.25, -0.2) is 4.79 Å². The number of aliphatic hydroxyl groups is 1. The Morgan fingerprint density at radius 1 is 1.43 bits per heavy atom. The molecule has 1 saturated heterocycles. The molecule has 6 nitrogen and oxygen atoms in total. The van der Waals surface area contributed by atoms with Gasteiger partial charge in [0.1, 0.15) is 6.23 Å². The number of hydrogen-bond donors (Lipinski definition) is 2. The molecule has 2 N–H and O–H groups in total. The Hall–Kier alpha value is -0.833. The number of aliphatic hydroxyl groups excluding tert-OH is 1. The molecule has 1 fully saturated rings. The Morgan fingerprint density at radius 3 is 2.74 bits per heavy atom. The number of nitrogens with zero attached hydrogens (tertiary/aromatic N) is 1. The monoisotopic (exact) mass is 358 g/mol. The van der Waals surface area contributed by atoms with Crippen LogP contribution in [0.4, 0.5) is 0 Å². The molecule has 1 unspecified atom stereocenters. The van der Waals surface area contributed by atoms with Gasteiger partial charge in [0, 0.05) is 31.5 Å². The number of nitrogens with one attached hydrogen (secondary N) is 1. The summed E-state index contributed by atoms with van der Waals surface area (Å²) in [6.45, 7) is 8.63. The number of hydrogen-bond acceptors (Lipinski definition) is 5. The van der Waals surface area contributed by atoms with E-state index in [-0.39, 0.29) is 23.5 Å². The fraction of sp³-hybridized carbons (Fsp3) is 0.733. The maximum atomic E-state index is 12.0. The van der Waals surface area contributed by atoms with Gasteiger partial charge in [-0.3, -0.25) is 14.3 Å². The zero-order valence-electron chi connectivity index (χ0n) is 14.2. The third-order valence-corrected chi connectivity index (χ3v) is 7.48. The van der Waals surface area contributed by atoms with E-state index in [1.807, 2.05) is 11.8 Å². The van der Waals surface area contributed by atoms with E-state index in [4.69, 9.17) is 4.74 Å². The highest BCUT2D eigenvalue weighted by Crippen LogP contribution is 2.36. The fourth-order valence-corrected chi connectivity index (χ4v) is 6.42. The normalized spacial score (nSPS) is 25.0. The minimum absolute atomic E-state index is 0.0573. The molecule has 0 aliphatic carbocycles. The van der Waals surface area contributed by atoms with Gasteiger partial charge in [0.15, 0.2) is 0 Å². The smallest absolute Gasteiger partial charge is 0.330 e. The molecule has 2 rings (SSSR count). The van der Waals surface area contributed by atoms with E-state index in [0.29, 0.717) is 12.0 Å². The van der Waals surface area contributed by atoms with Crippen molar-refractivity contribution >= 4 is 19.8 Å². The molecular weight excluding hydrogens is 332 g/mol. The highest BCUT2D eigenvalue weighted by Gasteiger charge is 2.36. The van der Waals surface area contributed by atoms with Crippen molar-refractivity contribution < 1.29 is 9.84 Å². The van der Waals surface area contributed by atoms with E-state index in [1.54, 1.807) is 6.92 Å². The highest BCUT2D eigenvalue weighted by atomic mass is 32.2. The van der Waals surface area contributed by atoms with E-state index in [9.17, 15) is 14.7 Å². The Morgan fingerprint density at radius 2 is 2.13 bits per heavy atom. The van der Waals surface area contributed by atoms with Gasteiger partial charge in [0.05, 0.1) is 12.7 Å². The number of thioether (sulfide) groups is 1. The maximum Gasteiger partial charge on any atom is 0.330 e. The Kier molecular flexibility index (Phi) is 5.93. The van der Waals surface area contributed by atoms with Gasteiger partial charge in [0.2, 0.25) is 0 Å². The van der Waals surface area contributed by atoms with Gasteiger partial charge in [0.25, 0.3) is 5.56 Å². The van der Waals surface area contributed by atoms with E-state index in [2.05, 4.69) is 24.6 Å². The molecule has 0 aromatic carbocycles. The van der Waals surface area contributed by atoms with Gasteiger partial charge in [-0.05, 0) is 18.7 Å². The van der Waals surface area contributed by atoms with Gasteiger partial charge < -0.3 is 9.84 Å². The fourth-order valence-electron chi connectivity index (χ4n) is 2.53. The second-order valence-corrected chi connectivity index (χ2v) is 14.2. The number of aryl methyl sites for hydroxylation is 1.